The molecular weight excluding hydrogens is 248 g/mol. The highest BCUT2D eigenvalue weighted by molar-refractivity contribution is 7.80. The Morgan fingerprint density at radius 2 is 2.38 bits per heavy atom. The van der Waals surface area contributed by atoms with Crippen LogP contribution in [0.1, 0.15) is 6.42 Å². The van der Waals surface area contributed by atoms with E-state index in [1.54, 1.807) is 4.90 Å². The lowest BCUT2D eigenvalue weighted by molar-refractivity contribution is 0.138. The van der Waals surface area contributed by atoms with Crippen LogP contribution in [0.5, 0.6) is 0 Å². The first kappa shape index (κ1) is 13.2. The van der Waals surface area contributed by atoms with Crippen LogP contribution in [0, 0.1) is 0 Å². The molecule has 1 unspecified atom stereocenters. The van der Waals surface area contributed by atoms with Crippen molar-refractivity contribution in [3.63, 3.8) is 0 Å². The summed E-state index contributed by atoms with van der Waals surface area (Å²) in [5.41, 5.74) is 6.22. The Bertz CT molecular complexity index is 368. The normalized spacial score (nSPS) is 23.9. The van der Waals surface area contributed by atoms with Crippen LogP contribution in [0.25, 0.3) is 0 Å². The predicted molar refractivity (Wildman–Crippen MR) is 67.7 cm³/mol. The second-order valence-electron chi connectivity index (χ2n) is 3.46. The zero-order chi connectivity index (χ0) is 10.8. The maximum Gasteiger partial charge on any atom is 0.414 e. The molecule has 2 rings (SSSR count). The maximum atomic E-state index is 11.5. The molecule has 1 fully saturated rings. The van der Waals surface area contributed by atoms with Crippen LogP contribution >= 0.6 is 24.6 Å². The first-order valence-corrected chi connectivity index (χ1v) is 5.21. The number of carbonyl (C=O) groups excluding carboxylic acids is 1. The average Bonchev–Trinajstić information content (AvgIpc) is 2.60. The van der Waals surface area contributed by atoms with Crippen molar-refractivity contribution in [2.24, 2.45) is 5.73 Å². The lowest BCUT2D eigenvalue weighted by atomic mass is 10.1. The lowest BCUT2D eigenvalue weighted by Gasteiger charge is -2.18. The predicted octanol–water partition coefficient (Wildman–Crippen LogP) is 1.40. The number of nitrogens with zero attached hydrogens (tertiary/aromatic N) is 1. The Kier molecular flexibility index (Phi) is 4.46. The molecule has 1 aliphatic carbocycles. The van der Waals surface area contributed by atoms with Gasteiger partial charge in [0.05, 0.1) is 12.2 Å². The average molecular weight is 261 g/mol. The second-order valence-corrected chi connectivity index (χ2v) is 3.95. The van der Waals surface area contributed by atoms with E-state index in [1.807, 2.05) is 18.2 Å². The summed E-state index contributed by atoms with van der Waals surface area (Å²) < 4.78 is 5.06. The molecule has 1 aliphatic heterocycles. The standard InChI is InChI=1S/C10H12N2O2S.ClH/c11-5-7-6-12(10(13)14-7)8-3-1-2-4-9(8)15;/h1-3,7H,4-6,11H2;1H. The van der Waals surface area contributed by atoms with Crippen LogP contribution in [0.4, 0.5) is 4.79 Å². The van der Waals surface area contributed by atoms with Gasteiger partial charge in [0.1, 0.15) is 6.10 Å². The number of thiocarbonyl (C=S) groups is 1. The summed E-state index contributed by atoms with van der Waals surface area (Å²) in [6.45, 7) is 0.841. The van der Waals surface area contributed by atoms with Gasteiger partial charge in [-0.1, -0.05) is 24.4 Å². The van der Waals surface area contributed by atoms with Gasteiger partial charge in [0.15, 0.2) is 0 Å². The minimum atomic E-state index is -0.352. The van der Waals surface area contributed by atoms with Crippen molar-refractivity contribution in [3.05, 3.63) is 23.9 Å². The van der Waals surface area contributed by atoms with Crippen LogP contribution < -0.4 is 5.73 Å². The molecule has 0 aromatic carbocycles. The number of rotatable bonds is 2. The number of halogens is 1. The van der Waals surface area contributed by atoms with Crippen LogP contribution in [0.15, 0.2) is 23.9 Å². The largest absolute Gasteiger partial charge is 0.443 e. The van der Waals surface area contributed by atoms with Crippen LogP contribution in [-0.2, 0) is 4.74 Å². The Labute approximate surface area is 106 Å². The van der Waals surface area contributed by atoms with Crippen molar-refractivity contribution in [2.75, 3.05) is 13.1 Å². The highest BCUT2D eigenvalue weighted by Crippen LogP contribution is 2.21. The van der Waals surface area contributed by atoms with Gasteiger partial charge in [-0.05, 0) is 6.08 Å². The van der Waals surface area contributed by atoms with Crippen molar-refractivity contribution in [3.8, 4) is 0 Å². The van der Waals surface area contributed by atoms with E-state index in [-0.39, 0.29) is 24.6 Å². The third-order valence-electron chi connectivity index (χ3n) is 2.41. The molecule has 1 amide bonds. The molecule has 88 valence electrons. The zero-order valence-corrected chi connectivity index (χ0v) is 10.2. The van der Waals surface area contributed by atoms with Crippen LogP contribution in [0.2, 0.25) is 0 Å². The number of cyclic esters (lactones) is 1. The number of nitrogens with two attached hydrogens (primary N) is 1. The molecule has 4 nitrogen and oxygen atoms in total. The summed E-state index contributed by atoms with van der Waals surface area (Å²) in [6, 6.07) is 0. The minimum Gasteiger partial charge on any atom is -0.443 e. The van der Waals surface area contributed by atoms with E-state index in [0.717, 1.165) is 10.6 Å². The third-order valence-corrected chi connectivity index (χ3v) is 2.78. The number of ether oxygens (including phenoxy) is 1. The highest BCUT2D eigenvalue weighted by Gasteiger charge is 2.33. The van der Waals surface area contributed by atoms with Gasteiger partial charge >= 0.3 is 6.09 Å². The van der Waals surface area contributed by atoms with Gasteiger partial charge in [-0.25, -0.2) is 4.79 Å². The summed E-state index contributed by atoms with van der Waals surface area (Å²) in [5.74, 6) is 0. The Morgan fingerprint density at radius 1 is 1.62 bits per heavy atom. The van der Waals surface area contributed by atoms with Crippen molar-refractivity contribution in [1.82, 2.24) is 4.90 Å². The smallest absolute Gasteiger partial charge is 0.414 e. The molecule has 1 saturated heterocycles. The van der Waals surface area contributed by atoms with E-state index in [4.69, 9.17) is 22.7 Å². The summed E-state index contributed by atoms with van der Waals surface area (Å²) in [6.07, 6.45) is 5.84. The van der Waals surface area contributed by atoms with Gasteiger partial charge < -0.3 is 10.5 Å². The van der Waals surface area contributed by atoms with Crippen molar-refractivity contribution < 1.29 is 9.53 Å². The molecule has 2 N–H and O–H groups in total. The van der Waals surface area contributed by atoms with Crippen molar-refractivity contribution >= 4 is 35.6 Å². The fourth-order valence-corrected chi connectivity index (χ4v) is 1.89. The van der Waals surface area contributed by atoms with Gasteiger partial charge in [-0.2, -0.15) is 0 Å². The fraction of sp³-hybridized carbons (Fsp3) is 0.400. The second kappa shape index (κ2) is 5.43. The number of hydrogen-bond donors (Lipinski definition) is 1. The molecule has 1 atom stereocenters. The molecule has 0 saturated carbocycles. The molecule has 6 heteroatoms. The molecule has 0 aromatic rings. The molecule has 0 aromatic heterocycles. The van der Waals surface area contributed by atoms with Gasteiger partial charge in [0, 0.05) is 17.8 Å². The molecule has 1 heterocycles. The summed E-state index contributed by atoms with van der Waals surface area (Å²) >= 11 is 5.19. The quantitative estimate of drug-likeness (QED) is 0.763. The first-order valence-electron chi connectivity index (χ1n) is 4.80. The SMILES string of the molecule is Cl.NCC1CN(C2=CC=CCC2=S)C(=O)O1. The Hall–Kier alpha value is -0.910. The summed E-state index contributed by atoms with van der Waals surface area (Å²) in [4.78, 5) is 13.8. The summed E-state index contributed by atoms with van der Waals surface area (Å²) in [5, 5.41) is 0. The van der Waals surface area contributed by atoms with Gasteiger partial charge in [0.25, 0.3) is 0 Å². The molecular formula is C10H13ClN2O2S. The fourth-order valence-electron chi connectivity index (χ4n) is 1.61. The van der Waals surface area contributed by atoms with E-state index in [1.165, 1.54) is 0 Å². The molecule has 0 bridgehead atoms. The van der Waals surface area contributed by atoms with Crippen molar-refractivity contribution in [2.45, 2.75) is 12.5 Å². The Morgan fingerprint density at radius 3 is 2.94 bits per heavy atom. The zero-order valence-electron chi connectivity index (χ0n) is 8.59. The number of carbonyl (C=O) groups is 1. The highest BCUT2D eigenvalue weighted by atomic mass is 35.5. The van der Waals surface area contributed by atoms with E-state index in [9.17, 15) is 4.79 Å². The molecule has 2 aliphatic rings. The van der Waals surface area contributed by atoms with E-state index in [0.29, 0.717) is 19.5 Å². The monoisotopic (exact) mass is 260 g/mol. The molecule has 0 radical (unpaired) electrons. The minimum absolute atomic E-state index is 0. The van der Waals surface area contributed by atoms with E-state index in [2.05, 4.69) is 0 Å². The lowest BCUT2D eigenvalue weighted by Crippen LogP contribution is -2.30. The van der Waals surface area contributed by atoms with E-state index >= 15 is 0 Å². The maximum absolute atomic E-state index is 11.5. The number of amides is 1. The van der Waals surface area contributed by atoms with Crippen molar-refractivity contribution in [1.29, 1.82) is 0 Å². The summed E-state index contributed by atoms with van der Waals surface area (Å²) in [7, 11) is 0. The van der Waals surface area contributed by atoms with Gasteiger partial charge in [-0.3, -0.25) is 4.90 Å². The van der Waals surface area contributed by atoms with Gasteiger partial charge in [0.2, 0.25) is 0 Å². The number of hydrogen-bond acceptors (Lipinski definition) is 4. The van der Waals surface area contributed by atoms with Crippen LogP contribution in [0.3, 0.4) is 0 Å². The number of allylic oxidation sites excluding steroid dienone is 4. The van der Waals surface area contributed by atoms with E-state index < -0.39 is 0 Å². The Balaban J connectivity index is 0.00000128. The van der Waals surface area contributed by atoms with Gasteiger partial charge in [-0.15, -0.1) is 12.4 Å². The third kappa shape index (κ3) is 2.42. The molecule has 16 heavy (non-hydrogen) atoms. The topological polar surface area (TPSA) is 55.6 Å². The molecule has 0 spiro atoms. The van der Waals surface area contributed by atoms with Crippen LogP contribution in [-0.4, -0.2) is 35.1 Å². The first-order chi connectivity index (χ1) is 7.22.